The topological polar surface area (TPSA) is 31.9 Å². The number of aryl methyl sites for hydroxylation is 1. The zero-order valence-electron chi connectivity index (χ0n) is 8.92. The lowest BCUT2D eigenvalue weighted by molar-refractivity contribution is 0.551. The van der Waals surface area contributed by atoms with Crippen molar-refractivity contribution in [2.24, 2.45) is 0 Å². The molecule has 0 saturated carbocycles. The molecule has 0 unspecified atom stereocenters. The fourth-order valence-corrected chi connectivity index (χ4v) is 2.02. The first kappa shape index (κ1) is 9.56. The van der Waals surface area contributed by atoms with Crippen molar-refractivity contribution in [3.05, 3.63) is 11.9 Å². The van der Waals surface area contributed by atoms with E-state index in [0.29, 0.717) is 0 Å². The van der Waals surface area contributed by atoms with Crippen LogP contribution >= 0.6 is 0 Å². The van der Waals surface area contributed by atoms with Crippen molar-refractivity contribution in [2.45, 2.75) is 39.0 Å². The SMILES string of the molecule is Cc1cnc(N2CCCCCCC2)[nH]1. The second-order valence-electron chi connectivity index (χ2n) is 4.14. The Morgan fingerprint density at radius 1 is 1.14 bits per heavy atom. The van der Waals surface area contributed by atoms with Crippen LogP contribution in [0.2, 0.25) is 0 Å². The first-order valence-corrected chi connectivity index (χ1v) is 5.63. The van der Waals surface area contributed by atoms with Crippen molar-refractivity contribution in [1.82, 2.24) is 9.97 Å². The van der Waals surface area contributed by atoms with Gasteiger partial charge in [-0.2, -0.15) is 0 Å². The van der Waals surface area contributed by atoms with Gasteiger partial charge < -0.3 is 9.88 Å². The third-order valence-corrected chi connectivity index (χ3v) is 2.85. The fraction of sp³-hybridized carbons (Fsp3) is 0.727. The van der Waals surface area contributed by atoms with E-state index < -0.39 is 0 Å². The Bertz CT molecular complexity index is 272. The minimum atomic E-state index is 1.06. The molecule has 1 N–H and O–H groups in total. The number of nitrogens with zero attached hydrogens (tertiary/aromatic N) is 2. The van der Waals surface area contributed by atoms with Crippen LogP contribution in [0.3, 0.4) is 0 Å². The largest absolute Gasteiger partial charge is 0.342 e. The van der Waals surface area contributed by atoms with Crippen LogP contribution in [-0.4, -0.2) is 23.1 Å². The molecule has 78 valence electrons. The molecular formula is C11H19N3. The van der Waals surface area contributed by atoms with Gasteiger partial charge in [-0.3, -0.25) is 0 Å². The maximum atomic E-state index is 4.38. The Balaban J connectivity index is 2.00. The molecule has 3 nitrogen and oxygen atoms in total. The van der Waals surface area contributed by atoms with Gasteiger partial charge in [-0.25, -0.2) is 4.98 Å². The average Bonchev–Trinajstić information content (AvgIpc) is 2.51. The van der Waals surface area contributed by atoms with Crippen molar-refractivity contribution in [1.29, 1.82) is 0 Å². The smallest absolute Gasteiger partial charge is 0.202 e. The summed E-state index contributed by atoms with van der Waals surface area (Å²) in [6, 6.07) is 0. The summed E-state index contributed by atoms with van der Waals surface area (Å²) in [4.78, 5) is 10.1. The Morgan fingerprint density at radius 3 is 2.36 bits per heavy atom. The molecule has 1 saturated heterocycles. The van der Waals surface area contributed by atoms with Gasteiger partial charge in [0.1, 0.15) is 0 Å². The van der Waals surface area contributed by atoms with Gasteiger partial charge in [0.2, 0.25) is 5.95 Å². The Hall–Kier alpha value is -0.990. The number of anilines is 1. The molecular weight excluding hydrogens is 174 g/mol. The van der Waals surface area contributed by atoms with E-state index in [2.05, 4.69) is 21.8 Å². The van der Waals surface area contributed by atoms with Gasteiger partial charge in [0.15, 0.2) is 0 Å². The van der Waals surface area contributed by atoms with Gasteiger partial charge in [-0.15, -0.1) is 0 Å². The average molecular weight is 193 g/mol. The van der Waals surface area contributed by atoms with Gasteiger partial charge in [0.25, 0.3) is 0 Å². The number of aromatic amines is 1. The maximum Gasteiger partial charge on any atom is 0.202 e. The Morgan fingerprint density at radius 2 is 1.79 bits per heavy atom. The van der Waals surface area contributed by atoms with Gasteiger partial charge in [-0.1, -0.05) is 19.3 Å². The molecule has 2 heterocycles. The fourth-order valence-electron chi connectivity index (χ4n) is 2.02. The standard InChI is InChI=1S/C11H19N3/c1-10-9-12-11(13-10)14-7-5-3-2-4-6-8-14/h9H,2-8H2,1H3,(H,12,13). The zero-order valence-corrected chi connectivity index (χ0v) is 8.92. The lowest BCUT2D eigenvalue weighted by Gasteiger charge is -2.23. The molecule has 0 aliphatic carbocycles. The summed E-state index contributed by atoms with van der Waals surface area (Å²) in [6.45, 7) is 4.38. The molecule has 0 spiro atoms. The van der Waals surface area contributed by atoms with E-state index in [1.54, 1.807) is 0 Å². The maximum absolute atomic E-state index is 4.38. The highest BCUT2D eigenvalue weighted by Gasteiger charge is 2.10. The molecule has 0 atom stereocenters. The molecule has 3 heteroatoms. The highest BCUT2D eigenvalue weighted by atomic mass is 15.3. The number of H-pyrrole nitrogens is 1. The van der Waals surface area contributed by atoms with Crippen LogP contribution in [0.25, 0.3) is 0 Å². The molecule has 0 bridgehead atoms. The molecule has 0 amide bonds. The summed E-state index contributed by atoms with van der Waals surface area (Å²) < 4.78 is 0. The molecule has 1 aromatic rings. The summed E-state index contributed by atoms with van der Waals surface area (Å²) in [6.07, 6.45) is 8.67. The van der Waals surface area contributed by atoms with Crippen LogP contribution in [0, 0.1) is 6.92 Å². The summed E-state index contributed by atoms with van der Waals surface area (Å²) >= 11 is 0. The minimum absolute atomic E-state index is 1.06. The second-order valence-corrected chi connectivity index (χ2v) is 4.14. The number of aromatic nitrogens is 2. The lowest BCUT2D eigenvalue weighted by Crippen LogP contribution is -2.27. The third kappa shape index (κ3) is 2.28. The highest BCUT2D eigenvalue weighted by Crippen LogP contribution is 2.15. The van der Waals surface area contributed by atoms with Crippen molar-refractivity contribution in [2.75, 3.05) is 18.0 Å². The Labute approximate surface area is 85.5 Å². The zero-order chi connectivity index (χ0) is 9.80. The van der Waals surface area contributed by atoms with Gasteiger partial charge in [0, 0.05) is 25.0 Å². The van der Waals surface area contributed by atoms with Crippen LogP contribution in [0.4, 0.5) is 5.95 Å². The monoisotopic (exact) mass is 193 g/mol. The van der Waals surface area contributed by atoms with Crippen LogP contribution in [-0.2, 0) is 0 Å². The minimum Gasteiger partial charge on any atom is -0.342 e. The van der Waals surface area contributed by atoms with Crippen molar-refractivity contribution in [3.8, 4) is 0 Å². The van der Waals surface area contributed by atoms with E-state index in [9.17, 15) is 0 Å². The van der Waals surface area contributed by atoms with Crippen molar-refractivity contribution < 1.29 is 0 Å². The number of hydrogen-bond donors (Lipinski definition) is 1. The van der Waals surface area contributed by atoms with E-state index >= 15 is 0 Å². The van der Waals surface area contributed by atoms with E-state index in [4.69, 9.17) is 0 Å². The number of nitrogens with one attached hydrogen (secondary N) is 1. The van der Waals surface area contributed by atoms with E-state index in [1.807, 2.05) is 6.20 Å². The van der Waals surface area contributed by atoms with Crippen LogP contribution in [0.15, 0.2) is 6.20 Å². The number of hydrogen-bond acceptors (Lipinski definition) is 2. The summed E-state index contributed by atoms with van der Waals surface area (Å²) in [7, 11) is 0. The highest BCUT2D eigenvalue weighted by molar-refractivity contribution is 5.30. The molecule has 1 fully saturated rings. The molecule has 1 aliphatic rings. The Kier molecular flexibility index (Phi) is 3.07. The van der Waals surface area contributed by atoms with Crippen LogP contribution in [0.5, 0.6) is 0 Å². The first-order valence-electron chi connectivity index (χ1n) is 5.63. The predicted octanol–water partition coefficient (Wildman–Crippen LogP) is 2.49. The molecule has 0 radical (unpaired) electrons. The van der Waals surface area contributed by atoms with Gasteiger partial charge in [0.05, 0.1) is 0 Å². The summed E-state index contributed by atoms with van der Waals surface area (Å²) in [5, 5.41) is 0. The van der Waals surface area contributed by atoms with E-state index in [0.717, 1.165) is 24.7 Å². The molecule has 1 aromatic heterocycles. The predicted molar refractivity (Wildman–Crippen MR) is 58.6 cm³/mol. The molecule has 2 rings (SSSR count). The van der Waals surface area contributed by atoms with Gasteiger partial charge >= 0.3 is 0 Å². The van der Waals surface area contributed by atoms with E-state index in [-0.39, 0.29) is 0 Å². The van der Waals surface area contributed by atoms with Gasteiger partial charge in [-0.05, 0) is 19.8 Å². The molecule has 0 aromatic carbocycles. The quantitative estimate of drug-likeness (QED) is 0.743. The normalized spacial score (nSPS) is 19.1. The summed E-state index contributed by atoms with van der Waals surface area (Å²) in [5.74, 6) is 1.06. The van der Waals surface area contributed by atoms with Crippen LogP contribution < -0.4 is 4.90 Å². The van der Waals surface area contributed by atoms with Crippen molar-refractivity contribution >= 4 is 5.95 Å². The molecule has 1 aliphatic heterocycles. The lowest BCUT2D eigenvalue weighted by atomic mass is 10.1. The van der Waals surface area contributed by atoms with Crippen molar-refractivity contribution in [3.63, 3.8) is 0 Å². The first-order chi connectivity index (χ1) is 6.86. The summed E-state index contributed by atoms with van der Waals surface area (Å²) in [5.41, 5.74) is 1.15. The third-order valence-electron chi connectivity index (χ3n) is 2.85. The molecule has 14 heavy (non-hydrogen) atoms. The van der Waals surface area contributed by atoms with E-state index in [1.165, 1.54) is 32.1 Å². The second kappa shape index (κ2) is 4.49. The van der Waals surface area contributed by atoms with Crippen LogP contribution in [0.1, 0.15) is 37.8 Å². The number of imidazole rings is 1. The number of rotatable bonds is 1.